The summed E-state index contributed by atoms with van der Waals surface area (Å²) in [5, 5.41) is 12.0. The molecule has 1 atom stereocenters. The van der Waals surface area contributed by atoms with Crippen LogP contribution in [-0.4, -0.2) is 48.8 Å². The Hall–Kier alpha value is -3.17. The Morgan fingerprint density at radius 1 is 1.04 bits per heavy atom. The number of carbonyl (C=O) groups is 2. The van der Waals surface area contributed by atoms with E-state index in [1.807, 2.05) is 31.2 Å². The molecule has 2 aromatic rings. The molecule has 1 aliphatic rings. The summed E-state index contributed by atoms with van der Waals surface area (Å²) in [4.78, 5) is 28.4. The third-order valence-corrected chi connectivity index (χ3v) is 5.19. The summed E-state index contributed by atoms with van der Waals surface area (Å²) >= 11 is 0. The smallest absolute Gasteiger partial charge is 0.241 e. The molecule has 0 aliphatic carbocycles. The number of hydrogen-bond donors (Lipinski definition) is 1. The molecule has 0 bridgehead atoms. The molecule has 1 fully saturated rings. The molecule has 0 spiro atoms. The van der Waals surface area contributed by atoms with Gasteiger partial charge in [-0.05, 0) is 50.2 Å². The fourth-order valence-corrected chi connectivity index (χ4v) is 3.37. The van der Waals surface area contributed by atoms with Crippen molar-refractivity contribution in [3.05, 3.63) is 59.7 Å². The summed E-state index contributed by atoms with van der Waals surface area (Å²) < 4.78 is 0. The predicted octanol–water partition coefficient (Wildman–Crippen LogP) is 2.91. The van der Waals surface area contributed by atoms with Gasteiger partial charge in [0.25, 0.3) is 0 Å². The molecule has 0 radical (unpaired) electrons. The largest absolute Gasteiger partial charge is 0.369 e. The maximum atomic E-state index is 12.6. The van der Waals surface area contributed by atoms with E-state index in [2.05, 4.69) is 21.2 Å². The Labute approximate surface area is 165 Å². The first-order valence-corrected chi connectivity index (χ1v) is 9.39. The minimum atomic E-state index is -0.283. The number of carbonyl (C=O) groups excluding carboxylic acids is 2. The third-order valence-electron chi connectivity index (χ3n) is 5.19. The molecule has 144 valence electrons. The van der Waals surface area contributed by atoms with Crippen LogP contribution in [0.2, 0.25) is 0 Å². The Morgan fingerprint density at radius 2 is 1.68 bits per heavy atom. The zero-order valence-corrected chi connectivity index (χ0v) is 16.2. The van der Waals surface area contributed by atoms with Crippen LogP contribution in [-0.2, 0) is 4.79 Å². The van der Waals surface area contributed by atoms with Gasteiger partial charge in [-0.15, -0.1) is 0 Å². The van der Waals surface area contributed by atoms with Gasteiger partial charge in [-0.25, -0.2) is 0 Å². The molecular weight excluding hydrogens is 352 g/mol. The number of amides is 1. The van der Waals surface area contributed by atoms with E-state index in [9.17, 15) is 9.59 Å². The highest BCUT2D eigenvalue weighted by Crippen LogP contribution is 2.19. The van der Waals surface area contributed by atoms with Crippen LogP contribution in [0, 0.1) is 11.3 Å². The molecule has 28 heavy (non-hydrogen) atoms. The summed E-state index contributed by atoms with van der Waals surface area (Å²) in [7, 11) is 0. The first kappa shape index (κ1) is 19.6. The number of para-hydroxylation sites is 1. The van der Waals surface area contributed by atoms with Crippen molar-refractivity contribution in [2.24, 2.45) is 0 Å². The van der Waals surface area contributed by atoms with Gasteiger partial charge in [-0.1, -0.05) is 12.1 Å². The van der Waals surface area contributed by atoms with Crippen molar-refractivity contribution in [3.8, 4) is 6.07 Å². The van der Waals surface area contributed by atoms with E-state index in [0.29, 0.717) is 16.8 Å². The van der Waals surface area contributed by atoms with Gasteiger partial charge in [-0.2, -0.15) is 5.26 Å². The van der Waals surface area contributed by atoms with E-state index in [1.165, 1.54) is 0 Å². The van der Waals surface area contributed by atoms with Crippen molar-refractivity contribution in [2.75, 3.05) is 36.4 Å². The number of benzene rings is 2. The summed E-state index contributed by atoms with van der Waals surface area (Å²) in [6, 6.07) is 16.5. The fourth-order valence-electron chi connectivity index (χ4n) is 3.37. The van der Waals surface area contributed by atoms with Gasteiger partial charge in [0.15, 0.2) is 5.78 Å². The van der Waals surface area contributed by atoms with Crippen molar-refractivity contribution >= 4 is 23.1 Å². The number of nitrogens with zero attached hydrogens (tertiary/aromatic N) is 3. The van der Waals surface area contributed by atoms with E-state index in [1.54, 1.807) is 31.2 Å². The van der Waals surface area contributed by atoms with Crippen LogP contribution in [0.3, 0.4) is 0 Å². The van der Waals surface area contributed by atoms with Crippen molar-refractivity contribution < 1.29 is 9.59 Å². The second kappa shape index (κ2) is 8.68. The lowest BCUT2D eigenvalue weighted by Crippen LogP contribution is -2.52. The topological polar surface area (TPSA) is 76.4 Å². The lowest BCUT2D eigenvalue weighted by atomic mass is 10.1. The summed E-state index contributed by atoms with van der Waals surface area (Å²) in [6.45, 7) is 6.61. The second-order valence-corrected chi connectivity index (χ2v) is 6.95. The zero-order valence-electron chi connectivity index (χ0n) is 16.2. The molecule has 1 amide bonds. The summed E-state index contributed by atoms with van der Waals surface area (Å²) in [6.07, 6.45) is 0. The SMILES string of the molecule is CC(=O)c1ccc(N2CCN([C@H](C)C(=O)Nc3ccccc3C#N)CC2)cc1. The molecule has 1 aliphatic heterocycles. The standard InChI is InChI=1S/C22H24N4O2/c1-16(22(28)24-21-6-4-3-5-19(21)15-23)25-11-13-26(14-12-25)20-9-7-18(8-10-20)17(2)27/h3-10,16H,11-14H2,1-2H3,(H,24,28)/t16-/m1/s1. The van der Waals surface area contributed by atoms with Crippen LogP contribution in [0.5, 0.6) is 0 Å². The van der Waals surface area contributed by atoms with Gasteiger partial charge in [0.1, 0.15) is 6.07 Å². The van der Waals surface area contributed by atoms with Crippen LogP contribution < -0.4 is 10.2 Å². The fraction of sp³-hybridized carbons (Fsp3) is 0.318. The minimum absolute atomic E-state index is 0.0641. The van der Waals surface area contributed by atoms with E-state index >= 15 is 0 Å². The van der Waals surface area contributed by atoms with Crippen LogP contribution in [0.15, 0.2) is 48.5 Å². The van der Waals surface area contributed by atoms with Crippen LogP contribution in [0.1, 0.15) is 29.8 Å². The second-order valence-electron chi connectivity index (χ2n) is 6.95. The number of nitriles is 1. The zero-order chi connectivity index (χ0) is 20.1. The Balaban J connectivity index is 1.57. The summed E-state index contributed by atoms with van der Waals surface area (Å²) in [5.74, 6) is -0.0452. The molecule has 1 saturated heterocycles. The Bertz CT molecular complexity index is 893. The molecule has 3 rings (SSSR count). The molecule has 1 N–H and O–H groups in total. The minimum Gasteiger partial charge on any atom is -0.369 e. The predicted molar refractivity (Wildman–Crippen MR) is 109 cm³/mol. The van der Waals surface area contributed by atoms with Crippen molar-refractivity contribution in [3.63, 3.8) is 0 Å². The molecule has 6 heteroatoms. The van der Waals surface area contributed by atoms with Crippen molar-refractivity contribution in [2.45, 2.75) is 19.9 Å². The molecule has 2 aromatic carbocycles. The van der Waals surface area contributed by atoms with Gasteiger partial charge in [0.05, 0.1) is 17.3 Å². The van der Waals surface area contributed by atoms with E-state index in [0.717, 1.165) is 31.9 Å². The van der Waals surface area contributed by atoms with E-state index < -0.39 is 0 Å². The Morgan fingerprint density at radius 3 is 2.29 bits per heavy atom. The van der Waals surface area contributed by atoms with Gasteiger partial charge >= 0.3 is 0 Å². The Kier molecular flexibility index (Phi) is 6.07. The average Bonchev–Trinajstić information content (AvgIpc) is 2.73. The van der Waals surface area contributed by atoms with Gasteiger partial charge in [0.2, 0.25) is 5.91 Å². The first-order chi connectivity index (χ1) is 13.5. The molecule has 6 nitrogen and oxygen atoms in total. The number of ketones is 1. The summed E-state index contributed by atoms with van der Waals surface area (Å²) in [5.41, 5.74) is 2.81. The molecule has 0 aromatic heterocycles. The van der Waals surface area contributed by atoms with Crippen molar-refractivity contribution in [1.82, 2.24) is 4.90 Å². The first-order valence-electron chi connectivity index (χ1n) is 9.39. The van der Waals surface area contributed by atoms with Gasteiger partial charge in [-0.3, -0.25) is 14.5 Å². The number of piperazine rings is 1. The van der Waals surface area contributed by atoms with Crippen molar-refractivity contribution in [1.29, 1.82) is 5.26 Å². The number of Topliss-reactive ketones (excluding diaryl/α,β-unsaturated/α-hetero) is 1. The highest BCUT2D eigenvalue weighted by atomic mass is 16.2. The molecule has 0 unspecified atom stereocenters. The monoisotopic (exact) mass is 376 g/mol. The van der Waals surface area contributed by atoms with Crippen LogP contribution in [0.4, 0.5) is 11.4 Å². The van der Waals surface area contributed by atoms with E-state index in [4.69, 9.17) is 5.26 Å². The number of rotatable bonds is 5. The quantitative estimate of drug-likeness (QED) is 0.812. The molecular formula is C22H24N4O2. The van der Waals surface area contributed by atoms with Crippen LogP contribution >= 0.6 is 0 Å². The highest BCUT2D eigenvalue weighted by Gasteiger charge is 2.26. The van der Waals surface area contributed by atoms with Gasteiger partial charge < -0.3 is 10.2 Å². The lowest BCUT2D eigenvalue weighted by Gasteiger charge is -2.38. The van der Waals surface area contributed by atoms with Crippen LogP contribution in [0.25, 0.3) is 0 Å². The molecule has 0 saturated carbocycles. The number of anilines is 2. The van der Waals surface area contributed by atoms with E-state index in [-0.39, 0.29) is 17.7 Å². The average molecular weight is 376 g/mol. The molecule has 1 heterocycles. The maximum absolute atomic E-state index is 12.6. The third kappa shape index (κ3) is 4.38. The normalized spacial score (nSPS) is 15.5. The number of nitrogens with one attached hydrogen (secondary N) is 1. The maximum Gasteiger partial charge on any atom is 0.241 e. The lowest BCUT2D eigenvalue weighted by molar-refractivity contribution is -0.120. The highest BCUT2D eigenvalue weighted by molar-refractivity contribution is 5.95. The number of hydrogen-bond acceptors (Lipinski definition) is 5. The van der Waals surface area contributed by atoms with Gasteiger partial charge in [0, 0.05) is 37.4 Å².